The van der Waals surface area contributed by atoms with Gasteiger partial charge in [0, 0.05) is 0 Å². The van der Waals surface area contributed by atoms with Gasteiger partial charge in [-0.3, -0.25) is 4.79 Å². The van der Waals surface area contributed by atoms with Gasteiger partial charge in [0.2, 0.25) is 0 Å². The molecule has 0 radical (unpaired) electrons. The molecule has 0 heterocycles. The lowest BCUT2D eigenvalue weighted by atomic mass is 10.1. The maximum atomic E-state index is 13.6. The van der Waals surface area contributed by atoms with Crippen molar-refractivity contribution in [3.63, 3.8) is 0 Å². The lowest BCUT2D eigenvalue weighted by Gasteiger charge is -2.03. The van der Waals surface area contributed by atoms with E-state index in [4.69, 9.17) is 0 Å². The maximum absolute atomic E-state index is 13.6. The monoisotopic (exact) mass is 208 g/mol. The molecule has 0 N–H and O–H groups in total. The molecule has 0 aliphatic carbocycles. The summed E-state index contributed by atoms with van der Waals surface area (Å²) in [6.45, 7) is 3.24. The summed E-state index contributed by atoms with van der Waals surface area (Å²) < 4.78 is 17.9. The number of rotatable bonds is 3. The number of carbonyl (C=O) groups excluding carboxylic acids is 2. The first-order valence-corrected chi connectivity index (χ1v) is 4.15. The SMILES string of the molecule is C=CC(=O)c1cccc(C(=O)OC)c1F. The molecule has 4 heteroatoms. The first kappa shape index (κ1) is 11.1. The number of allylic oxidation sites excluding steroid dienone is 1. The highest BCUT2D eigenvalue weighted by Gasteiger charge is 2.17. The largest absolute Gasteiger partial charge is 0.465 e. The normalized spacial score (nSPS) is 9.47. The van der Waals surface area contributed by atoms with Crippen molar-refractivity contribution in [2.75, 3.05) is 7.11 Å². The Labute approximate surface area is 86.2 Å². The molecule has 0 bridgehead atoms. The first-order valence-electron chi connectivity index (χ1n) is 4.15. The van der Waals surface area contributed by atoms with Crippen molar-refractivity contribution in [2.45, 2.75) is 0 Å². The zero-order valence-electron chi connectivity index (χ0n) is 8.12. The van der Waals surface area contributed by atoms with Gasteiger partial charge in [0.1, 0.15) is 5.82 Å². The van der Waals surface area contributed by atoms with Crippen molar-refractivity contribution in [1.29, 1.82) is 0 Å². The van der Waals surface area contributed by atoms with E-state index in [0.29, 0.717) is 0 Å². The Kier molecular flexibility index (Phi) is 3.33. The third-order valence-electron chi connectivity index (χ3n) is 1.85. The molecule has 0 amide bonds. The van der Waals surface area contributed by atoms with Crippen LogP contribution in [0, 0.1) is 5.82 Å². The van der Waals surface area contributed by atoms with Crippen LogP contribution in [-0.4, -0.2) is 18.9 Å². The molecule has 0 aliphatic heterocycles. The third kappa shape index (κ3) is 2.10. The highest BCUT2D eigenvalue weighted by molar-refractivity contribution is 6.05. The number of benzene rings is 1. The molecule has 0 spiro atoms. The van der Waals surface area contributed by atoms with Crippen LogP contribution in [0.1, 0.15) is 20.7 Å². The summed E-state index contributed by atoms with van der Waals surface area (Å²) in [5, 5.41) is 0. The molecule has 1 aromatic carbocycles. The van der Waals surface area contributed by atoms with Crippen LogP contribution in [0.5, 0.6) is 0 Å². The van der Waals surface area contributed by atoms with Gasteiger partial charge in [0.25, 0.3) is 0 Å². The highest BCUT2D eigenvalue weighted by Crippen LogP contribution is 2.14. The number of hydrogen-bond acceptors (Lipinski definition) is 3. The topological polar surface area (TPSA) is 43.4 Å². The van der Waals surface area contributed by atoms with Crippen LogP contribution >= 0.6 is 0 Å². The second-order valence-electron chi connectivity index (χ2n) is 2.73. The minimum atomic E-state index is -0.880. The van der Waals surface area contributed by atoms with E-state index in [-0.39, 0.29) is 11.1 Å². The number of carbonyl (C=O) groups is 2. The zero-order chi connectivity index (χ0) is 11.4. The average Bonchev–Trinajstić information content (AvgIpc) is 2.27. The van der Waals surface area contributed by atoms with Crippen molar-refractivity contribution >= 4 is 11.8 Å². The van der Waals surface area contributed by atoms with Crippen molar-refractivity contribution in [3.8, 4) is 0 Å². The fourth-order valence-electron chi connectivity index (χ4n) is 1.10. The molecule has 0 fully saturated rings. The molecular formula is C11H9FO3. The van der Waals surface area contributed by atoms with Gasteiger partial charge in [-0.2, -0.15) is 0 Å². The average molecular weight is 208 g/mol. The molecule has 0 saturated heterocycles. The van der Waals surface area contributed by atoms with E-state index < -0.39 is 17.6 Å². The van der Waals surface area contributed by atoms with Crippen LogP contribution < -0.4 is 0 Å². The number of ketones is 1. The van der Waals surface area contributed by atoms with E-state index in [1.54, 1.807) is 0 Å². The lowest BCUT2D eigenvalue weighted by Crippen LogP contribution is -2.08. The van der Waals surface area contributed by atoms with E-state index in [0.717, 1.165) is 13.2 Å². The van der Waals surface area contributed by atoms with E-state index in [1.165, 1.54) is 18.2 Å². The van der Waals surface area contributed by atoms with Crippen LogP contribution in [0.15, 0.2) is 30.9 Å². The number of halogens is 1. The van der Waals surface area contributed by atoms with Gasteiger partial charge in [-0.1, -0.05) is 12.6 Å². The Balaban J connectivity index is 3.28. The Hall–Kier alpha value is -1.97. The predicted octanol–water partition coefficient (Wildman–Crippen LogP) is 1.98. The van der Waals surface area contributed by atoms with Crippen LogP contribution in [0.25, 0.3) is 0 Å². The molecule has 0 aliphatic rings. The molecule has 15 heavy (non-hydrogen) atoms. The number of ether oxygens (including phenoxy) is 1. The fourth-order valence-corrected chi connectivity index (χ4v) is 1.10. The Bertz CT molecular complexity index is 424. The van der Waals surface area contributed by atoms with Gasteiger partial charge in [-0.05, 0) is 18.2 Å². The second-order valence-corrected chi connectivity index (χ2v) is 2.73. The third-order valence-corrected chi connectivity index (χ3v) is 1.85. The molecule has 0 atom stereocenters. The van der Waals surface area contributed by atoms with Crippen LogP contribution in [0.4, 0.5) is 4.39 Å². The Morgan fingerprint density at radius 3 is 2.53 bits per heavy atom. The summed E-state index contributed by atoms with van der Waals surface area (Å²) in [6.07, 6.45) is 0.986. The minimum Gasteiger partial charge on any atom is -0.465 e. The van der Waals surface area contributed by atoms with Crippen LogP contribution in [0.3, 0.4) is 0 Å². The number of hydrogen-bond donors (Lipinski definition) is 0. The molecular weight excluding hydrogens is 199 g/mol. The van der Waals surface area contributed by atoms with E-state index in [9.17, 15) is 14.0 Å². The Morgan fingerprint density at radius 1 is 1.40 bits per heavy atom. The smallest absolute Gasteiger partial charge is 0.340 e. The first-order chi connectivity index (χ1) is 7.11. The van der Waals surface area contributed by atoms with Gasteiger partial charge < -0.3 is 4.74 Å². The van der Waals surface area contributed by atoms with E-state index >= 15 is 0 Å². The minimum absolute atomic E-state index is 0.187. The van der Waals surface area contributed by atoms with Crippen molar-refractivity contribution in [3.05, 3.63) is 47.8 Å². The van der Waals surface area contributed by atoms with Crippen LogP contribution in [0.2, 0.25) is 0 Å². The molecule has 78 valence electrons. The summed E-state index contributed by atoms with van der Waals surface area (Å²) in [5.74, 6) is -2.27. The van der Waals surface area contributed by atoms with Gasteiger partial charge in [0.15, 0.2) is 5.78 Å². The number of methoxy groups -OCH3 is 1. The lowest BCUT2D eigenvalue weighted by molar-refractivity contribution is 0.0595. The highest BCUT2D eigenvalue weighted by atomic mass is 19.1. The maximum Gasteiger partial charge on any atom is 0.340 e. The summed E-state index contributed by atoms with van der Waals surface area (Å²) in [5.41, 5.74) is -0.446. The molecule has 0 saturated carbocycles. The van der Waals surface area contributed by atoms with Crippen molar-refractivity contribution in [1.82, 2.24) is 0 Å². The standard InChI is InChI=1S/C11H9FO3/c1-3-9(13)7-5-4-6-8(10(7)12)11(14)15-2/h3-6H,1H2,2H3. The van der Waals surface area contributed by atoms with Gasteiger partial charge >= 0.3 is 5.97 Å². The molecule has 1 aromatic rings. The quantitative estimate of drug-likeness (QED) is 0.433. The van der Waals surface area contributed by atoms with E-state index in [2.05, 4.69) is 11.3 Å². The van der Waals surface area contributed by atoms with Crippen LogP contribution in [-0.2, 0) is 4.74 Å². The molecule has 0 unspecified atom stereocenters. The zero-order valence-corrected chi connectivity index (χ0v) is 8.12. The van der Waals surface area contributed by atoms with Crippen molar-refractivity contribution < 1.29 is 18.7 Å². The molecule has 0 aromatic heterocycles. The Morgan fingerprint density at radius 2 is 2.00 bits per heavy atom. The molecule has 3 nitrogen and oxygen atoms in total. The van der Waals surface area contributed by atoms with Gasteiger partial charge in [-0.25, -0.2) is 9.18 Å². The second kappa shape index (κ2) is 4.50. The van der Waals surface area contributed by atoms with Crippen molar-refractivity contribution in [2.24, 2.45) is 0 Å². The number of esters is 1. The van der Waals surface area contributed by atoms with Gasteiger partial charge in [0.05, 0.1) is 18.2 Å². The summed E-state index contributed by atoms with van der Waals surface area (Å²) in [6, 6.07) is 3.94. The fraction of sp³-hybridized carbons (Fsp3) is 0.0909. The molecule has 1 rings (SSSR count). The summed E-state index contributed by atoms with van der Waals surface area (Å²) in [4.78, 5) is 22.3. The summed E-state index contributed by atoms with van der Waals surface area (Å²) >= 11 is 0. The van der Waals surface area contributed by atoms with Gasteiger partial charge in [-0.15, -0.1) is 0 Å². The van der Waals surface area contributed by atoms with E-state index in [1.807, 2.05) is 0 Å². The predicted molar refractivity (Wildman–Crippen MR) is 52.3 cm³/mol. The summed E-state index contributed by atoms with van der Waals surface area (Å²) in [7, 11) is 1.14.